The average molecular weight is 224 g/mol. The van der Waals surface area contributed by atoms with E-state index in [2.05, 4.69) is 0 Å². The first kappa shape index (κ1) is 10.9. The van der Waals surface area contributed by atoms with Crippen molar-refractivity contribution in [3.63, 3.8) is 0 Å². The maximum Gasteiger partial charge on any atom is 0.229 e. The molecule has 1 aliphatic heterocycles. The molecule has 86 valence electrons. The summed E-state index contributed by atoms with van der Waals surface area (Å²) in [7, 11) is 0. The second kappa shape index (κ2) is 4.49. The summed E-state index contributed by atoms with van der Waals surface area (Å²) in [5.41, 5.74) is 6.07. The Morgan fingerprint density at radius 1 is 1.38 bits per heavy atom. The second-order valence-electron chi connectivity index (χ2n) is 3.62. The van der Waals surface area contributed by atoms with Gasteiger partial charge in [0.1, 0.15) is 5.82 Å². The lowest BCUT2D eigenvalue weighted by Gasteiger charge is -2.20. The van der Waals surface area contributed by atoms with E-state index < -0.39 is 5.82 Å². The summed E-state index contributed by atoms with van der Waals surface area (Å²) < 4.78 is 18.8. The largest absolute Gasteiger partial charge is 0.399 e. The number of carbonyl (C=O) groups excluding carboxylic acids is 1. The summed E-state index contributed by atoms with van der Waals surface area (Å²) in [6, 6.07) is 4.32. The van der Waals surface area contributed by atoms with Crippen molar-refractivity contribution in [3.05, 3.63) is 24.0 Å². The number of benzene rings is 1. The Kier molecular flexibility index (Phi) is 3.05. The zero-order valence-corrected chi connectivity index (χ0v) is 8.78. The summed E-state index contributed by atoms with van der Waals surface area (Å²) in [6.45, 7) is 1.20. The number of halogens is 1. The minimum absolute atomic E-state index is 0.124. The van der Waals surface area contributed by atoms with Crippen molar-refractivity contribution >= 4 is 17.3 Å². The number of nitrogen functional groups attached to an aromatic ring is 1. The van der Waals surface area contributed by atoms with Crippen molar-refractivity contribution in [2.45, 2.75) is 6.42 Å². The van der Waals surface area contributed by atoms with Gasteiger partial charge in [-0.3, -0.25) is 4.79 Å². The molecule has 1 heterocycles. The van der Waals surface area contributed by atoms with Crippen molar-refractivity contribution in [2.75, 3.05) is 30.4 Å². The second-order valence-corrected chi connectivity index (χ2v) is 3.62. The Hall–Kier alpha value is -1.62. The Labute approximate surface area is 92.8 Å². The summed E-state index contributed by atoms with van der Waals surface area (Å²) in [6.07, 6.45) is 0.282. The van der Waals surface area contributed by atoms with Crippen LogP contribution in [0.5, 0.6) is 0 Å². The molecular formula is C11H13FN2O2. The number of rotatable bonds is 1. The molecule has 0 atom stereocenters. The first-order chi connectivity index (χ1) is 7.68. The van der Waals surface area contributed by atoms with Gasteiger partial charge in [0.05, 0.1) is 25.3 Å². The third-order valence-electron chi connectivity index (χ3n) is 2.48. The highest BCUT2D eigenvalue weighted by atomic mass is 19.1. The summed E-state index contributed by atoms with van der Waals surface area (Å²) in [5, 5.41) is 0. The van der Waals surface area contributed by atoms with Gasteiger partial charge in [-0.25, -0.2) is 4.39 Å². The fourth-order valence-corrected chi connectivity index (χ4v) is 1.67. The van der Waals surface area contributed by atoms with Crippen LogP contribution in [0.2, 0.25) is 0 Å². The number of ether oxygens (including phenoxy) is 1. The molecule has 1 aromatic carbocycles. The van der Waals surface area contributed by atoms with Crippen LogP contribution in [-0.4, -0.2) is 25.7 Å². The van der Waals surface area contributed by atoms with E-state index in [1.807, 2.05) is 0 Å². The number of carbonyl (C=O) groups is 1. The van der Waals surface area contributed by atoms with Crippen molar-refractivity contribution < 1.29 is 13.9 Å². The minimum atomic E-state index is -0.477. The molecule has 2 rings (SSSR count). The summed E-state index contributed by atoms with van der Waals surface area (Å²) in [4.78, 5) is 13.1. The Morgan fingerprint density at radius 3 is 2.94 bits per heavy atom. The lowest BCUT2D eigenvalue weighted by atomic mass is 10.2. The molecule has 0 bridgehead atoms. The quantitative estimate of drug-likeness (QED) is 0.728. The van der Waals surface area contributed by atoms with Crippen LogP contribution < -0.4 is 10.6 Å². The minimum Gasteiger partial charge on any atom is -0.399 e. The van der Waals surface area contributed by atoms with Gasteiger partial charge in [0, 0.05) is 12.2 Å². The number of hydrogen-bond donors (Lipinski definition) is 1. The van der Waals surface area contributed by atoms with E-state index in [4.69, 9.17) is 10.5 Å². The summed E-state index contributed by atoms with van der Waals surface area (Å²) >= 11 is 0. The van der Waals surface area contributed by atoms with Gasteiger partial charge in [-0.2, -0.15) is 0 Å². The Morgan fingerprint density at radius 2 is 2.19 bits per heavy atom. The third kappa shape index (κ3) is 2.14. The standard InChI is InChI=1S/C11H13FN2O2/c12-9-7-8(13)1-2-10(9)14-4-6-16-5-3-11(14)15/h1-2,7H,3-6,13H2. The van der Waals surface area contributed by atoms with Gasteiger partial charge < -0.3 is 15.4 Å². The highest BCUT2D eigenvalue weighted by Crippen LogP contribution is 2.22. The average Bonchev–Trinajstić information content (AvgIpc) is 2.44. The fraction of sp³-hybridized carbons (Fsp3) is 0.364. The monoisotopic (exact) mass is 224 g/mol. The molecule has 4 nitrogen and oxygen atoms in total. The molecular weight excluding hydrogens is 211 g/mol. The zero-order valence-electron chi connectivity index (χ0n) is 8.78. The highest BCUT2D eigenvalue weighted by molar-refractivity contribution is 5.93. The molecule has 0 aromatic heterocycles. The Balaban J connectivity index is 2.30. The molecule has 0 saturated carbocycles. The zero-order chi connectivity index (χ0) is 11.5. The molecule has 0 radical (unpaired) electrons. The van der Waals surface area contributed by atoms with Gasteiger partial charge in [0.15, 0.2) is 0 Å². The highest BCUT2D eigenvalue weighted by Gasteiger charge is 2.21. The molecule has 0 unspecified atom stereocenters. The molecule has 16 heavy (non-hydrogen) atoms. The van der Waals surface area contributed by atoms with E-state index in [1.54, 1.807) is 6.07 Å². The number of hydrogen-bond acceptors (Lipinski definition) is 3. The smallest absolute Gasteiger partial charge is 0.229 e. The van der Waals surface area contributed by atoms with Crippen LogP contribution in [0.4, 0.5) is 15.8 Å². The van der Waals surface area contributed by atoms with E-state index in [0.29, 0.717) is 25.4 Å². The molecule has 2 N–H and O–H groups in total. The Bertz CT molecular complexity index is 409. The van der Waals surface area contributed by atoms with Crippen molar-refractivity contribution in [1.82, 2.24) is 0 Å². The number of nitrogens with zero attached hydrogens (tertiary/aromatic N) is 1. The third-order valence-corrected chi connectivity index (χ3v) is 2.48. The number of anilines is 2. The van der Waals surface area contributed by atoms with Gasteiger partial charge in [-0.1, -0.05) is 0 Å². The lowest BCUT2D eigenvalue weighted by Crippen LogP contribution is -2.32. The van der Waals surface area contributed by atoms with Crippen molar-refractivity contribution in [2.24, 2.45) is 0 Å². The topological polar surface area (TPSA) is 55.6 Å². The number of nitrogens with two attached hydrogens (primary N) is 1. The van der Waals surface area contributed by atoms with Crippen LogP contribution in [0.3, 0.4) is 0 Å². The van der Waals surface area contributed by atoms with Crippen molar-refractivity contribution in [1.29, 1.82) is 0 Å². The molecule has 5 heteroatoms. The molecule has 0 spiro atoms. The molecule has 1 aromatic rings. The normalized spacial score (nSPS) is 17.3. The fourth-order valence-electron chi connectivity index (χ4n) is 1.67. The predicted molar refractivity (Wildman–Crippen MR) is 58.6 cm³/mol. The first-order valence-corrected chi connectivity index (χ1v) is 5.11. The van der Waals surface area contributed by atoms with Crippen LogP contribution in [0.25, 0.3) is 0 Å². The van der Waals surface area contributed by atoms with Gasteiger partial charge in [-0.05, 0) is 18.2 Å². The maximum atomic E-state index is 13.6. The van der Waals surface area contributed by atoms with Crippen LogP contribution in [0.1, 0.15) is 6.42 Å². The number of amides is 1. The lowest BCUT2D eigenvalue weighted by molar-refractivity contribution is -0.118. The van der Waals surface area contributed by atoms with Crippen molar-refractivity contribution in [3.8, 4) is 0 Å². The molecule has 1 fully saturated rings. The molecule has 1 saturated heterocycles. The van der Waals surface area contributed by atoms with Gasteiger partial charge in [0.2, 0.25) is 5.91 Å². The van der Waals surface area contributed by atoms with Crippen LogP contribution in [-0.2, 0) is 9.53 Å². The molecule has 0 aliphatic carbocycles. The summed E-state index contributed by atoms with van der Waals surface area (Å²) in [5.74, 6) is -0.601. The van der Waals surface area contributed by atoms with E-state index in [9.17, 15) is 9.18 Å². The molecule has 1 amide bonds. The molecule has 1 aliphatic rings. The van der Waals surface area contributed by atoms with E-state index >= 15 is 0 Å². The van der Waals surface area contributed by atoms with Gasteiger partial charge in [-0.15, -0.1) is 0 Å². The SMILES string of the molecule is Nc1ccc(N2CCOCCC2=O)c(F)c1. The van der Waals surface area contributed by atoms with Crippen LogP contribution in [0, 0.1) is 5.82 Å². The van der Waals surface area contributed by atoms with Gasteiger partial charge in [0.25, 0.3) is 0 Å². The van der Waals surface area contributed by atoms with E-state index in [0.717, 1.165) is 0 Å². The van der Waals surface area contributed by atoms with Crippen LogP contribution >= 0.6 is 0 Å². The first-order valence-electron chi connectivity index (χ1n) is 5.11. The van der Waals surface area contributed by atoms with Crippen LogP contribution in [0.15, 0.2) is 18.2 Å². The van der Waals surface area contributed by atoms with Gasteiger partial charge >= 0.3 is 0 Å². The van der Waals surface area contributed by atoms with E-state index in [1.165, 1.54) is 17.0 Å². The van der Waals surface area contributed by atoms with E-state index in [-0.39, 0.29) is 18.0 Å². The maximum absolute atomic E-state index is 13.6. The predicted octanol–water partition coefficient (Wildman–Crippen LogP) is 1.16.